The molecule has 5 aromatic rings. The van der Waals surface area contributed by atoms with Crippen molar-refractivity contribution in [2.45, 2.75) is 97.1 Å². The number of rotatable bonds is 5. The number of hydrogen-bond acceptors (Lipinski definition) is 4. The molecule has 226 valence electrons. The molecule has 5 nitrogen and oxygen atoms in total. The van der Waals surface area contributed by atoms with Gasteiger partial charge in [0.15, 0.2) is 0 Å². The van der Waals surface area contributed by atoms with Crippen LogP contribution in [0.2, 0.25) is 0 Å². The fourth-order valence-corrected chi connectivity index (χ4v) is 6.89. The Morgan fingerprint density at radius 1 is 0.955 bits per heavy atom. The Balaban J connectivity index is 1.30. The maximum Gasteiger partial charge on any atom is 0.217 e. The zero-order valence-corrected chi connectivity index (χ0v) is 27.1. The number of aromatic nitrogens is 2. The molecule has 0 bridgehead atoms. The summed E-state index contributed by atoms with van der Waals surface area (Å²) in [7, 11) is 0. The lowest BCUT2D eigenvalue weighted by Gasteiger charge is -2.33. The van der Waals surface area contributed by atoms with Crippen molar-refractivity contribution >= 4 is 27.8 Å². The highest BCUT2D eigenvalue weighted by atomic mass is 16.5. The van der Waals surface area contributed by atoms with Crippen molar-refractivity contribution in [2.24, 2.45) is 4.99 Å². The number of ether oxygens (including phenoxy) is 2. The average Bonchev–Trinajstić information content (AvgIpc) is 3.51. The van der Waals surface area contributed by atoms with Crippen LogP contribution >= 0.6 is 0 Å². The Morgan fingerprint density at radius 2 is 1.77 bits per heavy atom. The van der Waals surface area contributed by atoms with Crippen LogP contribution in [0.25, 0.3) is 27.6 Å². The molecule has 0 N–H and O–H groups in total. The smallest absolute Gasteiger partial charge is 0.217 e. The zero-order valence-electron chi connectivity index (χ0n) is 27.1. The number of benzene rings is 3. The van der Waals surface area contributed by atoms with E-state index in [1.54, 1.807) is 0 Å². The Labute approximate surface area is 260 Å². The highest BCUT2D eigenvalue weighted by Crippen LogP contribution is 2.41. The molecule has 0 radical (unpaired) electrons. The summed E-state index contributed by atoms with van der Waals surface area (Å²) in [5, 5.41) is 2.36. The van der Waals surface area contributed by atoms with Gasteiger partial charge in [-0.15, -0.1) is 0 Å². The van der Waals surface area contributed by atoms with E-state index in [0.29, 0.717) is 5.92 Å². The number of aryl methyl sites for hydroxylation is 1. The van der Waals surface area contributed by atoms with Crippen LogP contribution in [0.3, 0.4) is 0 Å². The van der Waals surface area contributed by atoms with Gasteiger partial charge in [-0.25, -0.2) is 9.98 Å². The second-order valence-electron chi connectivity index (χ2n) is 14.4. The van der Waals surface area contributed by atoms with Crippen molar-refractivity contribution in [2.75, 3.05) is 0 Å². The summed E-state index contributed by atoms with van der Waals surface area (Å²) in [6.45, 7) is 15.5. The minimum Gasteiger partial charge on any atom is -0.469 e. The predicted octanol–water partition coefficient (Wildman–Crippen LogP) is 10.2. The van der Waals surface area contributed by atoms with Gasteiger partial charge in [0.05, 0.1) is 17.2 Å². The van der Waals surface area contributed by atoms with E-state index in [2.05, 4.69) is 114 Å². The first-order chi connectivity index (χ1) is 21.0. The lowest BCUT2D eigenvalue weighted by atomic mass is 9.82. The van der Waals surface area contributed by atoms with Crippen LogP contribution in [0.5, 0.6) is 11.5 Å². The Kier molecular flexibility index (Phi) is 6.84. The maximum absolute atomic E-state index is 6.68. The Bertz CT molecular complexity index is 1930. The third-order valence-electron chi connectivity index (χ3n) is 9.47. The summed E-state index contributed by atoms with van der Waals surface area (Å²) in [5.74, 6) is 2.68. The topological polar surface area (TPSA) is 48.6 Å². The molecule has 0 spiro atoms. The molecule has 0 amide bonds. The molecule has 1 saturated carbocycles. The summed E-state index contributed by atoms with van der Waals surface area (Å²) < 4.78 is 15.5. The monoisotopic (exact) mass is 585 g/mol. The Morgan fingerprint density at radius 3 is 2.55 bits per heavy atom. The van der Waals surface area contributed by atoms with E-state index in [1.165, 1.54) is 29.4 Å². The van der Waals surface area contributed by atoms with Gasteiger partial charge < -0.3 is 9.47 Å². The number of aliphatic imine (C=N–C) groups is 1. The maximum atomic E-state index is 6.68. The summed E-state index contributed by atoms with van der Waals surface area (Å²) in [6.07, 6.45) is 6.44. The molecule has 3 aromatic carbocycles. The molecule has 2 atom stereocenters. The van der Waals surface area contributed by atoms with Gasteiger partial charge in [-0.2, -0.15) is 0 Å². The summed E-state index contributed by atoms with van der Waals surface area (Å²) >= 11 is 0. The molecule has 1 fully saturated rings. The number of hydrogen-bond donors (Lipinski definition) is 0. The van der Waals surface area contributed by atoms with Crippen LogP contribution in [0, 0.1) is 6.92 Å². The summed E-state index contributed by atoms with van der Waals surface area (Å²) in [5.41, 5.74) is 7.61. The van der Waals surface area contributed by atoms with E-state index >= 15 is 0 Å². The molecular weight excluding hydrogens is 542 g/mol. The second kappa shape index (κ2) is 10.5. The van der Waals surface area contributed by atoms with E-state index < -0.39 is 0 Å². The minimum absolute atomic E-state index is 0.0589. The normalized spacial score (nSPS) is 20.2. The quantitative estimate of drug-likeness (QED) is 0.206. The summed E-state index contributed by atoms with van der Waals surface area (Å²) in [4.78, 5) is 9.92. The van der Waals surface area contributed by atoms with Crippen molar-refractivity contribution in [1.82, 2.24) is 9.55 Å². The van der Waals surface area contributed by atoms with E-state index in [4.69, 9.17) is 19.5 Å². The zero-order chi connectivity index (χ0) is 30.8. The van der Waals surface area contributed by atoms with Gasteiger partial charge in [0.25, 0.3) is 0 Å². The van der Waals surface area contributed by atoms with Gasteiger partial charge in [0.2, 0.25) is 5.90 Å². The molecule has 5 heteroatoms. The molecule has 44 heavy (non-hydrogen) atoms. The van der Waals surface area contributed by atoms with E-state index in [-0.39, 0.29) is 17.1 Å². The van der Waals surface area contributed by atoms with Crippen LogP contribution in [-0.4, -0.2) is 27.1 Å². The fourth-order valence-electron chi connectivity index (χ4n) is 6.89. The first-order valence-corrected chi connectivity index (χ1v) is 16.1. The van der Waals surface area contributed by atoms with Crippen molar-refractivity contribution in [3.63, 3.8) is 0 Å². The van der Waals surface area contributed by atoms with Gasteiger partial charge in [-0.3, -0.25) is 4.57 Å². The third kappa shape index (κ3) is 5.06. The van der Waals surface area contributed by atoms with Gasteiger partial charge in [0, 0.05) is 28.6 Å². The number of nitrogens with zero attached hydrogens (tertiary/aromatic N) is 3. The molecule has 3 heterocycles. The SMILES string of the molecule is Cc1cc(Oc2cc(C3=N[C@H]4CCCC[C@]4(C)O3)cc(C(C)C)c2)cc(-n2c3ccc(C(C)(C)C)cc3c3cccnc32)c1. The van der Waals surface area contributed by atoms with Gasteiger partial charge in [-0.05, 0) is 116 Å². The molecular formula is C39H43N3O2. The van der Waals surface area contributed by atoms with Crippen molar-refractivity contribution < 1.29 is 9.47 Å². The molecule has 0 unspecified atom stereocenters. The number of pyridine rings is 1. The minimum atomic E-state index is -0.197. The van der Waals surface area contributed by atoms with E-state index in [1.807, 2.05) is 12.3 Å². The second-order valence-corrected chi connectivity index (χ2v) is 14.4. The van der Waals surface area contributed by atoms with Crippen LogP contribution in [0.15, 0.2) is 77.9 Å². The average molecular weight is 586 g/mol. The molecule has 1 aliphatic carbocycles. The third-order valence-corrected chi connectivity index (χ3v) is 9.47. The molecule has 1 aliphatic heterocycles. The lowest BCUT2D eigenvalue weighted by molar-refractivity contribution is 0.0446. The van der Waals surface area contributed by atoms with Crippen LogP contribution < -0.4 is 4.74 Å². The lowest BCUT2D eigenvalue weighted by Crippen LogP contribution is -2.39. The van der Waals surface area contributed by atoms with Crippen LogP contribution in [0.4, 0.5) is 0 Å². The van der Waals surface area contributed by atoms with Crippen molar-refractivity contribution in [1.29, 1.82) is 0 Å². The molecule has 2 aliphatic rings. The fraction of sp³-hybridized carbons (Fsp3) is 0.385. The van der Waals surface area contributed by atoms with Crippen LogP contribution in [0.1, 0.15) is 95.4 Å². The highest BCUT2D eigenvalue weighted by Gasteiger charge is 2.44. The molecule has 2 aromatic heterocycles. The number of fused-ring (bicyclic) bond motifs is 4. The van der Waals surface area contributed by atoms with Gasteiger partial charge in [-0.1, -0.05) is 47.1 Å². The van der Waals surface area contributed by atoms with E-state index in [0.717, 1.165) is 63.6 Å². The standard InChI is InChI=1S/C39H43N3O2/c1-24(2)26-19-27(37-41-35-12-8-9-15-39(35,7)44-37)21-31(20-26)43-30-18-25(3)17-29(23-30)42-34-14-13-28(38(4,5)6)22-33(34)32-11-10-16-40-36(32)42/h10-11,13-14,16-24,35H,8-9,12,15H2,1-7H3/t35-,39-/m0/s1. The van der Waals surface area contributed by atoms with Gasteiger partial charge >= 0.3 is 0 Å². The molecule has 7 rings (SSSR count). The first kappa shape index (κ1) is 28.6. The first-order valence-electron chi connectivity index (χ1n) is 16.1. The largest absolute Gasteiger partial charge is 0.469 e. The van der Waals surface area contributed by atoms with Crippen molar-refractivity contribution in [3.8, 4) is 17.2 Å². The predicted molar refractivity (Wildman–Crippen MR) is 181 cm³/mol. The highest BCUT2D eigenvalue weighted by molar-refractivity contribution is 6.08. The Hall–Kier alpha value is -4.12. The van der Waals surface area contributed by atoms with Gasteiger partial charge in [0.1, 0.15) is 22.7 Å². The van der Waals surface area contributed by atoms with Crippen LogP contribution in [-0.2, 0) is 10.2 Å². The van der Waals surface area contributed by atoms with Crippen molar-refractivity contribution in [3.05, 3.63) is 95.2 Å². The van der Waals surface area contributed by atoms with E-state index in [9.17, 15) is 0 Å². The molecule has 0 saturated heterocycles. The summed E-state index contributed by atoms with van der Waals surface area (Å²) in [6, 6.07) is 24.1.